The lowest BCUT2D eigenvalue weighted by molar-refractivity contribution is -0.131. The molecular weight excluding hydrogens is 334 g/mol. The first kappa shape index (κ1) is 17.0. The van der Waals surface area contributed by atoms with Gasteiger partial charge in [-0.15, -0.1) is 0 Å². The van der Waals surface area contributed by atoms with Gasteiger partial charge in [0.2, 0.25) is 11.8 Å². The molecule has 2 aliphatic heterocycles. The Labute approximate surface area is 153 Å². The monoisotopic (exact) mass is 361 g/mol. The molecule has 1 atom stereocenters. The van der Waals surface area contributed by atoms with Crippen molar-refractivity contribution in [3.63, 3.8) is 0 Å². The number of likely N-dealkylation sites (tertiary alicyclic amines) is 1. The Morgan fingerprint density at radius 1 is 1.32 bits per heavy atom. The minimum Gasteiger partial charge on any atom is -0.341 e. The standard InChI is InChI=1S/C19H27N3O2S/c1-20-11-18(24)22(16-6-9-25-12-16)14-19(20)7-8-21(13-19)17(23)10-15-4-2-3-5-15/h6,9,12,15H,2-5,7-8,10-11,13-14H2,1H3/t19-/m1/s1. The first-order chi connectivity index (χ1) is 12.1. The van der Waals surface area contributed by atoms with Crippen molar-refractivity contribution in [1.82, 2.24) is 9.80 Å². The van der Waals surface area contributed by atoms with E-state index in [4.69, 9.17) is 0 Å². The summed E-state index contributed by atoms with van der Waals surface area (Å²) in [4.78, 5) is 31.4. The number of carbonyl (C=O) groups excluding carboxylic acids is 2. The first-order valence-electron chi connectivity index (χ1n) is 9.39. The molecule has 1 aliphatic carbocycles. The van der Waals surface area contributed by atoms with Crippen LogP contribution in [0, 0.1) is 5.92 Å². The van der Waals surface area contributed by atoms with Gasteiger partial charge in [-0.1, -0.05) is 12.8 Å². The number of thiophene rings is 1. The van der Waals surface area contributed by atoms with Gasteiger partial charge in [0, 0.05) is 31.4 Å². The van der Waals surface area contributed by atoms with Crippen LogP contribution in [0.3, 0.4) is 0 Å². The quantitative estimate of drug-likeness (QED) is 0.831. The second kappa shape index (κ2) is 6.72. The maximum absolute atomic E-state index is 12.7. The zero-order chi connectivity index (χ0) is 17.4. The van der Waals surface area contributed by atoms with Crippen LogP contribution in [0.2, 0.25) is 0 Å². The van der Waals surface area contributed by atoms with Crippen LogP contribution in [0.15, 0.2) is 16.8 Å². The minimum atomic E-state index is -0.0960. The molecule has 2 amide bonds. The van der Waals surface area contributed by atoms with Crippen LogP contribution >= 0.6 is 11.3 Å². The van der Waals surface area contributed by atoms with Crippen LogP contribution in [0.4, 0.5) is 5.69 Å². The minimum absolute atomic E-state index is 0.0960. The second-order valence-electron chi connectivity index (χ2n) is 7.96. The summed E-state index contributed by atoms with van der Waals surface area (Å²) in [7, 11) is 2.04. The molecule has 2 saturated heterocycles. The van der Waals surface area contributed by atoms with Gasteiger partial charge in [0.25, 0.3) is 0 Å². The van der Waals surface area contributed by atoms with E-state index in [9.17, 15) is 9.59 Å². The van der Waals surface area contributed by atoms with Crippen molar-refractivity contribution in [3.05, 3.63) is 16.8 Å². The summed E-state index contributed by atoms with van der Waals surface area (Å²) in [5.74, 6) is 1.07. The van der Waals surface area contributed by atoms with Crippen molar-refractivity contribution < 1.29 is 9.59 Å². The molecular formula is C19H27N3O2S. The van der Waals surface area contributed by atoms with Gasteiger partial charge < -0.3 is 9.80 Å². The number of anilines is 1. The van der Waals surface area contributed by atoms with E-state index >= 15 is 0 Å². The van der Waals surface area contributed by atoms with Crippen molar-refractivity contribution in [2.24, 2.45) is 5.92 Å². The third kappa shape index (κ3) is 3.22. The largest absolute Gasteiger partial charge is 0.341 e. The normalized spacial score (nSPS) is 28.4. The van der Waals surface area contributed by atoms with Gasteiger partial charge in [-0.2, -0.15) is 11.3 Å². The van der Waals surface area contributed by atoms with E-state index in [-0.39, 0.29) is 11.4 Å². The van der Waals surface area contributed by atoms with E-state index in [1.165, 1.54) is 25.7 Å². The Balaban J connectivity index is 1.45. The van der Waals surface area contributed by atoms with Crippen LogP contribution in [0.1, 0.15) is 38.5 Å². The molecule has 25 heavy (non-hydrogen) atoms. The van der Waals surface area contributed by atoms with Gasteiger partial charge in [0.05, 0.1) is 17.8 Å². The predicted octanol–water partition coefficient (Wildman–Crippen LogP) is 2.58. The predicted molar refractivity (Wildman–Crippen MR) is 99.8 cm³/mol. The first-order valence-corrected chi connectivity index (χ1v) is 10.3. The van der Waals surface area contributed by atoms with E-state index in [0.717, 1.165) is 25.2 Å². The molecule has 1 saturated carbocycles. The highest BCUT2D eigenvalue weighted by Gasteiger charge is 2.48. The summed E-state index contributed by atoms with van der Waals surface area (Å²) in [6.45, 7) is 2.69. The van der Waals surface area contributed by atoms with E-state index in [1.807, 2.05) is 28.8 Å². The summed E-state index contributed by atoms with van der Waals surface area (Å²) in [6, 6.07) is 2.01. The van der Waals surface area contributed by atoms with Crippen LogP contribution in [0.25, 0.3) is 0 Å². The fraction of sp³-hybridized carbons (Fsp3) is 0.684. The highest BCUT2D eigenvalue weighted by Crippen LogP contribution is 2.35. The summed E-state index contributed by atoms with van der Waals surface area (Å²) in [5.41, 5.74) is 0.902. The maximum atomic E-state index is 12.7. The number of likely N-dealkylation sites (N-methyl/N-ethyl adjacent to an activating group) is 1. The van der Waals surface area contributed by atoms with Crippen molar-refractivity contribution in [2.45, 2.75) is 44.1 Å². The van der Waals surface area contributed by atoms with Crippen molar-refractivity contribution in [3.8, 4) is 0 Å². The summed E-state index contributed by atoms with van der Waals surface area (Å²) in [5, 5.41) is 4.05. The molecule has 0 N–H and O–H groups in total. The Morgan fingerprint density at radius 2 is 2.12 bits per heavy atom. The number of hydrogen-bond donors (Lipinski definition) is 0. The summed E-state index contributed by atoms with van der Waals surface area (Å²) >= 11 is 1.62. The number of amides is 2. The van der Waals surface area contributed by atoms with Crippen molar-refractivity contribution >= 4 is 28.8 Å². The van der Waals surface area contributed by atoms with Crippen LogP contribution in [-0.4, -0.2) is 60.4 Å². The smallest absolute Gasteiger partial charge is 0.241 e. The fourth-order valence-electron chi connectivity index (χ4n) is 4.71. The Kier molecular flexibility index (Phi) is 4.58. The number of nitrogens with zero attached hydrogens (tertiary/aromatic N) is 3. The molecule has 4 rings (SSSR count). The lowest BCUT2D eigenvalue weighted by Crippen LogP contribution is -2.64. The molecule has 1 aromatic heterocycles. The number of piperazine rings is 1. The molecule has 0 bridgehead atoms. The number of carbonyl (C=O) groups is 2. The van der Waals surface area contributed by atoms with Crippen molar-refractivity contribution in [1.29, 1.82) is 0 Å². The average molecular weight is 362 g/mol. The molecule has 136 valence electrons. The van der Waals surface area contributed by atoms with Gasteiger partial charge in [-0.25, -0.2) is 0 Å². The van der Waals surface area contributed by atoms with E-state index in [0.29, 0.717) is 31.3 Å². The van der Waals surface area contributed by atoms with Gasteiger partial charge in [-0.05, 0) is 43.7 Å². The lowest BCUT2D eigenvalue weighted by Gasteiger charge is -2.46. The van der Waals surface area contributed by atoms with E-state index in [2.05, 4.69) is 9.80 Å². The van der Waals surface area contributed by atoms with Gasteiger partial charge in [-0.3, -0.25) is 14.5 Å². The zero-order valence-corrected chi connectivity index (χ0v) is 15.8. The third-order valence-electron chi connectivity index (χ3n) is 6.38. The topological polar surface area (TPSA) is 43.9 Å². The van der Waals surface area contributed by atoms with Crippen molar-refractivity contribution in [2.75, 3.05) is 38.1 Å². The molecule has 6 heteroatoms. The van der Waals surface area contributed by atoms with E-state index in [1.54, 1.807) is 11.3 Å². The molecule has 3 heterocycles. The van der Waals surface area contributed by atoms with E-state index < -0.39 is 0 Å². The highest BCUT2D eigenvalue weighted by atomic mass is 32.1. The molecule has 1 spiro atoms. The summed E-state index contributed by atoms with van der Waals surface area (Å²) < 4.78 is 0. The average Bonchev–Trinajstić information content (AvgIpc) is 3.33. The van der Waals surface area contributed by atoms with Gasteiger partial charge >= 0.3 is 0 Å². The second-order valence-corrected chi connectivity index (χ2v) is 8.74. The molecule has 1 aromatic rings. The third-order valence-corrected chi connectivity index (χ3v) is 7.05. The van der Waals surface area contributed by atoms with Gasteiger partial charge in [0.1, 0.15) is 0 Å². The Bertz CT molecular complexity index is 641. The Hall–Kier alpha value is -1.40. The number of hydrogen-bond acceptors (Lipinski definition) is 4. The zero-order valence-electron chi connectivity index (χ0n) is 14.9. The molecule has 0 radical (unpaired) electrons. The number of rotatable bonds is 3. The molecule has 0 unspecified atom stereocenters. The van der Waals surface area contributed by atoms with Gasteiger partial charge in [0.15, 0.2) is 0 Å². The SMILES string of the molecule is CN1CC(=O)N(c2ccsc2)C[C@]12CCN(C(=O)CC1CCCC1)C2. The molecule has 5 nitrogen and oxygen atoms in total. The molecule has 3 aliphatic rings. The highest BCUT2D eigenvalue weighted by molar-refractivity contribution is 7.08. The van der Waals surface area contributed by atoms with Crippen LogP contribution < -0.4 is 4.90 Å². The lowest BCUT2D eigenvalue weighted by atomic mass is 9.92. The summed E-state index contributed by atoms with van der Waals surface area (Å²) in [6.07, 6.45) is 6.65. The molecule has 3 fully saturated rings. The van der Waals surface area contributed by atoms with Crippen LogP contribution in [0.5, 0.6) is 0 Å². The Morgan fingerprint density at radius 3 is 2.84 bits per heavy atom. The maximum Gasteiger partial charge on any atom is 0.241 e. The fourth-order valence-corrected chi connectivity index (χ4v) is 5.35. The van der Waals surface area contributed by atoms with Crippen LogP contribution in [-0.2, 0) is 9.59 Å². The molecule has 0 aromatic carbocycles.